The minimum absolute atomic E-state index is 0.0491. The van der Waals surface area contributed by atoms with Crippen molar-refractivity contribution in [2.45, 2.75) is 32.8 Å². The highest BCUT2D eigenvalue weighted by molar-refractivity contribution is 7.08. The molecule has 2 heterocycles. The van der Waals surface area contributed by atoms with E-state index in [1.807, 2.05) is 37.6 Å². The summed E-state index contributed by atoms with van der Waals surface area (Å²) < 4.78 is 5.36. The van der Waals surface area contributed by atoms with Crippen LogP contribution in [0.1, 0.15) is 37.6 Å². The van der Waals surface area contributed by atoms with E-state index in [2.05, 4.69) is 5.32 Å². The van der Waals surface area contributed by atoms with Crippen LogP contribution in [0, 0.1) is 5.92 Å². The molecule has 1 fully saturated rings. The maximum Gasteiger partial charge on any atom is 0.410 e. The highest BCUT2D eigenvalue weighted by Gasteiger charge is 2.29. The molecule has 0 aromatic carbocycles. The average molecular weight is 310 g/mol. The van der Waals surface area contributed by atoms with Crippen LogP contribution in [0.5, 0.6) is 0 Å². The first-order valence-electron chi connectivity index (χ1n) is 7.13. The van der Waals surface area contributed by atoms with Crippen LogP contribution in [0.4, 0.5) is 4.79 Å². The summed E-state index contributed by atoms with van der Waals surface area (Å²) in [5.41, 5.74) is 0.226. The maximum absolute atomic E-state index is 11.9. The number of hydrogen-bond acceptors (Lipinski definition) is 4. The molecular formula is C15H22N2O3S. The lowest BCUT2D eigenvalue weighted by atomic mass is 10.1. The number of nitrogens with zero attached hydrogens (tertiary/aromatic N) is 1. The molecule has 1 aliphatic heterocycles. The van der Waals surface area contributed by atoms with E-state index in [0.717, 1.165) is 6.42 Å². The summed E-state index contributed by atoms with van der Waals surface area (Å²) in [6, 6.07) is 1.81. The van der Waals surface area contributed by atoms with Crippen molar-refractivity contribution in [2.24, 2.45) is 5.92 Å². The van der Waals surface area contributed by atoms with Gasteiger partial charge in [-0.1, -0.05) is 0 Å². The quantitative estimate of drug-likeness (QED) is 0.934. The number of carbonyl (C=O) groups excluding carboxylic acids is 2. The van der Waals surface area contributed by atoms with Gasteiger partial charge in [0, 0.05) is 30.6 Å². The van der Waals surface area contributed by atoms with E-state index >= 15 is 0 Å². The molecule has 5 nitrogen and oxygen atoms in total. The van der Waals surface area contributed by atoms with E-state index < -0.39 is 5.60 Å². The van der Waals surface area contributed by atoms with Crippen molar-refractivity contribution >= 4 is 23.3 Å². The number of rotatable bonds is 3. The Kier molecular flexibility index (Phi) is 4.88. The van der Waals surface area contributed by atoms with Crippen molar-refractivity contribution in [3.05, 3.63) is 22.4 Å². The van der Waals surface area contributed by atoms with Gasteiger partial charge in [-0.15, -0.1) is 0 Å². The fourth-order valence-corrected chi connectivity index (χ4v) is 2.86. The van der Waals surface area contributed by atoms with Crippen molar-refractivity contribution in [3.8, 4) is 0 Å². The number of hydrogen-bond donors (Lipinski definition) is 1. The summed E-state index contributed by atoms with van der Waals surface area (Å²) in [7, 11) is 0. The molecule has 0 bridgehead atoms. The van der Waals surface area contributed by atoms with E-state index in [0.29, 0.717) is 31.1 Å². The largest absolute Gasteiger partial charge is 0.444 e. The Morgan fingerprint density at radius 1 is 1.48 bits per heavy atom. The van der Waals surface area contributed by atoms with Gasteiger partial charge in [0.1, 0.15) is 5.60 Å². The molecule has 116 valence electrons. The summed E-state index contributed by atoms with van der Waals surface area (Å²) in [6.07, 6.45) is 0.623. The molecule has 0 spiro atoms. The highest BCUT2D eigenvalue weighted by atomic mass is 32.1. The van der Waals surface area contributed by atoms with Crippen LogP contribution in [0.25, 0.3) is 0 Å². The van der Waals surface area contributed by atoms with Gasteiger partial charge in [0.2, 0.25) is 0 Å². The number of carbonyl (C=O) groups is 2. The van der Waals surface area contributed by atoms with E-state index in [1.54, 1.807) is 4.90 Å². The zero-order valence-electron chi connectivity index (χ0n) is 12.7. The van der Waals surface area contributed by atoms with Gasteiger partial charge >= 0.3 is 6.09 Å². The van der Waals surface area contributed by atoms with E-state index in [4.69, 9.17) is 4.74 Å². The van der Waals surface area contributed by atoms with E-state index in [9.17, 15) is 9.59 Å². The van der Waals surface area contributed by atoms with Crippen molar-refractivity contribution in [2.75, 3.05) is 19.6 Å². The first-order chi connectivity index (χ1) is 9.85. The molecule has 1 N–H and O–H groups in total. The van der Waals surface area contributed by atoms with Crippen LogP contribution < -0.4 is 5.32 Å². The molecule has 2 amide bonds. The normalized spacial score (nSPS) is 18.6. The Bertz CT molecular complexity index is 494. The fourth-order valence-electron chi connectivity index (χ4n) is 2.22. The molecule has 0 unspecified atom stereocenters. The predicted molar refractivity (Wildman–Crippen MR) is 82.6 cm³/mol. The molecular weight excluding hydrogens is 288 g/mol. The zero-order chi connectivity index (χ0) is 15.5. The lowest BCUT2D eigenvalue weighted by Gasteiger charge is -2.24. The summed E-state index contributed by atoms with van der Waals surface area (Å²) in [4.78, 5) is 25.5. The van der Waals surface area contributed by atoms with Crippen LogP contribution in [0.3, 0.4) is 0 Å². The van der Waals surface area contributed by atoms with Crippen LogP contribution in [-0.4, -0.2) is 42.1 Å². The Morgan fingerprint density at radius 2 is 2.24 bits per heavy atom. The van der Waals surface area contributed by atoms with Crippen LogP contribution in [-0.2, 0) is 4.74 Å². The average Bonchev–Trinajstić information content (AvgIpc) is 3.05. The Morgan fingerprint density at radius 3 is 2.86 bits per heavy atom. The molecule has 1 aromatic heterocycles. The van der Waals surface area contributed by atoms with Crippen LogP contribution in [0.2, 0.25) is 0 Å². The second-order valence-corrected chi connectivity index (χ2v) is 7.08. The van der Waals surface area contributed by atoms with Gasteiger partial charge in [-0.25, -0.2) is 4.79 Å². The number of amides is 2. The molecule has 6 heteroatoms. The van der Waals surface area contributed by atoms with Crippen LogP contribution in [0.15, 0.2) is 16.8 Å². The second-order valence-electron chi connectivity index (χ2n) is 6.30. The van der Waals surface area contributed by atoms with Gasteiger partial charge in [0.15, 0.2) is 0 Å². The molecule has 1 saturated heterocycles. The molecule has 1 aliphatic rings. The smallest absolute Gasteiger partial charge is 0.410 e. The maximum atomic E-state index is 11.9. The molecule has 0 saturated carbocycles. The van der Waals surface area contributed by atoms with E-state index in [-0.39, 0.29) is 12.0 Å². The molecule has 0 radical (unpaired) electrons. The van der Waals surface area contributed by atoms with Gasteiger partial charge in [-0.3, -0.25) is 4.79 Å². The lowest BCUT2D eigenvalue weighted by Crippen LogP contribution is -2.36. The molecule has 2 rings (SSSR count). The summed E-state index contributed by atoms with van der Waals surface area (Å²) in [5, 5.41) is 6.64. The topological polar surface area (TPSA) is 58.6 Å². The standard InChI is InChI=1S/C15H22N2O3S/c1-15(2,3)20-14(19)17-6-4-11(9-17)8-16-13(18)12-5-7-21-10-12/h5,7,10-11H,4,6,8-9H2,1-3H3,(H,16,18)/t11-/m0/s1. The SMILES string of the molecule is CC(C)(C)OC(=O)N1CC[C@@H](CNC(=O)c2ccsc2)C1. The second kappa shape index (κ2) is 6.47. The van der Waals surface area contributed by atoms with Crippen molar-refractivity contribution in [1.29, 1.82) is 0 Å². The first kappa shape index (κ1) is 15.8. The van der Waals surface area contributed by atoms with Crippen molar-refractivity contribution in [3.63, 3.8) is 0 Å². The molecule has 1 atom stereocenters. The van der Waals surface area contributed by atoms with Gasteiger partial charge in [-0.2, -0.15) is 11.3 Å². The Hall–Kier alpha value is -1.56. The minimum Gasteiger partial charge on any atom is -0.444 e. The number of nitrogens with one attached hydrogen (secondary N) is 1. The summed E-state index contributed by atoms with van der Waals surface area (Å²) >= 11 is 1.51. The minimum atomic E-state index is -0.470. The monoisotopic (exact) mass is 310 g/mol. The Labute approximate surface area is 129 Å². The molecule has 21 heavy (non-hydrogen) atoms. The van der Waals surface area contributed by atoms with Crippen molar-refractivity contribution in [1.82, 2.24) is 10.2 Å². The molecule has 1 aromatic rings. The molecule has 0 aliphatic carbocycles. The van der Waals surface area contributed by atoms with Gasteiger partial charge in [0.05, 0.1) is 0 Å². The van der Waals surface area contributed by atoms with E-state index in [1.165, 1.54) is 11.3 Å². The van der Waals surface area contributed by atoms with Crippen molar-refractivity contribution < 1.29 is 14.3 Å². The third-order valence-electron chi connectivity index (χ3n) is 3.27. The number of ether oxygens (including phenoxy) is 1. The highest BCUT2D eigenvalue weighted by Crippen LogP contribution is 2.19. The Balaban J connectivity index is 1.75. The van der Waals surface area contributed by atoms with Gasteiger partial charge < -0.3 is 15.0 Å². The summed E-state index contributed by atoms with van der Waals surface area (Å²) in [5.74, 6) is 0.243. The number of likely N-dealkylation sites (tertiary alicyclic amines) is 1. The third-order valence-corrected chi connectivity index (χ3v) is 3.96. The van der Waals surface area contributed by atoms with Gasteiger partial charge in [0.25, 0.3) is 5.91 Å². The van der Waals surface area contributed by atoms with Gasteiger partial charge in [-0.05, 0) is 44.6 Å². The third kappa shape index (κ3) is 4.74. The first-order valence-corrected chi connectivity index (χ1v) is 8.08. The predicted octanol–water partition coefficient (Wildman–Crippen LogP) is 2.73. The zero-order valence-corrected chi connectivity index (χ0v) is 13.5. The summed E-state index contributed by atoms with van der Waals surface area (Å²) in [6.45, 7) is 7.50. The lowest BCUT2D eigenvalue weighted by molar-refractivity contribution is 0.0288. The van der Waals surface area contributed by atoms with Crippen LogP contribution >= 0.6 is 11.3 Å². The number of thiophene rings is 1. The fraction of sp³-hybridized carbons (Fsp3) is 0.600.